The molecule has 0 aliphatic heterocycles. The van der Waals surface area contributed by atoms with Crippen molar-refractivity contribution >= 4 is 0 Å². The quantitative estimate of drug-likeness (QED) is 0.578. The molecule has 0 fully saturated rings. The number of alkyl halides is 3. The van der Waals surface area contributed by atoms with Crippen LogP contribution >= 0.6 is 0 Å². The van der Waals surface area contributed by atoms with Crippen molar-refractivity contribution in [2.75, 3.05) is 0 Å². The molecule has 11 heavy (non-hydrogen) atoms. The molecular formula is C6H4F3N2. The lowest BCUT2D eigenvalue weighted by Gasteiger charge is -2.04. The minimum absolute atomic E-state index is 0.0137. The number of hydrogen-bond donors (Lipinski definition) is 0. The van der Waals surface area contributed by atoms with Crippen LogP contribution in [0.4, 0.5) is 13.2 Å². The van der Waals surface area contributed by atoms with Crippen LogP contribution in [0.15, 0.2) is 12.3 Å². The van der Waals surface area contributed by atoms with Crippen LogP contribution in [-0.2, 0) is 6.18 Å². The van der Waals surface area contributed by atoms with Gasteiger partial charge in [-0.15, -0.1) is 0 Å². The van der Waals surface area contributed by atoms with Crippen molar-refractivity contribution in [2.45, 2.75) is 6.18 Å². The highest BCUT2D eigenvalue weighted by Crippen LogP contribution is 2.28. The van der Waals surface area contributed by atoms with Gasteiger partial charge in [-0.05, 0) is 13.0 Å². The number of hydrogen-bond acceptors (Lipinski definition) is 2. The summed E-state index contributed by atoms with van der Waals surface area (Å²) in [6.45, 7) is 3.22. The van der Waals surface area contributed by atoms with Gasteiger partial charge < -0.3 is 0 Å². The van der Waals surface area contributed by atoms with E-state index in [4.69, 9.17) is 0 Å². The van der Waals surface area contributed by atoms with Crippen molar-refractivity contribution in [3.63, 3.8) is 0 Å². The lowest BCUT2D eigenvalue weighted by atomic mass is 10.3. The van der Waals surface area contributed by atoms with Crippen LogP contribution in [0, 0.1) is 6.92 Å². The third-order valence-electron chi connectivity index (χ3n) is 1.03. The lowest BCUT2D eigenvalue weighted by Crippen LogP contribution is -2.06. The fourth-order valence-corrected chi connectivity index (χ4v) is 0.566. The normalized spacial score (nSPS) is 11.6. The summed E-state index contributed by atoms with van der Waals surface area (Å²) in [7, 11) is 0. The second kappa shape index (κ2) is 2.48. The van der Waals surface area contributed by atoms with E-state index in [0.29, 0.717) is 6.20 Å². The summed E-state index contributed by atoms with van der Waals surface area (Å²) in [6.07, 6.45) is -3.70. The molecule has 0 spiro atoms. The molecule has 0 saturated heterocycles. The van der Waals surface area contributed by atoms with Gasteiger partial charge in [0.25, 0.3) is 0 Å². The molecule has 0 N–H and O–H groups in total. The van der Waals surface area contributed by atoms with Gasteiger partial charge in [-0.1, -0.05) is 0 Å². The molecule has 0 aliphatic carbocycles. The maximum Gasteiger partial charge on any atom is 0.418 e. The van der Waals surface area contributed by atoms with E-state index in [2.05, 4.69) is 17.1 Å². The smallest absolute Gasteiger partial charge is 0.166 e. The Morgan fingerprint density at radius 1 is 1.36 bits per heavy atom. The molecule has 59 valence electrons. The number of aromatic nitrogens is 2. The monoisotopic (exact) mass is 161 g/mol. The zero-order chi connectivity index (χ0) is 8.48. The first-order valence-electron chi connectivity index (χ1n) is 2.72. The molecule has 0 aliphatic rings. The standard InChI is InChI=1S/C6H4F3N2/c1-4-2-5(3-10-11-4)6(7,8)9/h2-3H,1H2. The van der Waals surface area contributed by atoms with Gasteiger partial charge >= 0.3 is 6.18 Å². The van der Waals surface area contributed by atoms with Crippen molar-refractivity contribution in [2.24, 2.45) is 0 Å². The maximum absolute atomic E-state index is 11.9. The highest BCUT2D eigenvalue weighted by molar-refractivity contribution is 5.17. The molecule has 0 unspecified atom stereocenters. The topological polar surface area (TPSA) is 25.8 Å². The number of rotatable bonds is 0. The van der Waals surface area contributed by atoms with Crippen LogP contribution in [0.5, 0.6) is 0 Å². The van der Waals surface area contributed by atoms with E-state index < -0.39 is 11.7 Å². The zero-order valence-electron chi connectivity index (χ0n) is 5.39. The van der Waals surface area contributed by atoms with E-state index in [9.17, 15) is 13.2 Å². The predicted molar refractivity (Wildman–Crippen MR) is 31.5 cm³/mol. The Hall–Kier alpha value is -1.13. The van der Waals surface area contributed by atoms with E-state index >= 15 is 0 Å². The van der Waals surface area contributed by atoms with E-state index in [0.717, 1.165) is 6.07 Å². The summed E-state index contributed by atoms with van der Waals surface area (Å²) in [6, 6.07) is 0.840. The first kappa shape index (κ1) is 7.97. The lowest BCUT2D eigenvalue weighted by molar-refractivity contribution is -0.137. The molecule has 1 rings (SSSR count). The number of nitrogens with zero attached hydrogens (tertiary/aromatic N) is 2. The Labute approximate surface area is 61.1 Å². The Balaban J connectivity index is 3.06. The third-order valence-corrected chi connectivity index (χ3v) is 1.03. The molecule has 5 heteroatoms. The molecule has 1 radical (unpaired) electrons. The van der Waals surface area contributed by atoms with Crippen molar-refractivity contribution in [3.05, 3.63) is 30.4 Å². The van der Waals surface area contributed by atoms with E-state index in [1.165, 1.54) is 0 Å². The molecule has 0 saturated carbocycles. The van der Waals surface area contributed by atoms with Gasteiger partial charge in [0.05, 0.1) is 17.5 Å². The van der Waals surface area contributed by atoms with Gasteiger partial charge in [0.1, 0.15) is 0 Å². The predicted octanol–water partition coefficient (Wildman–Crippen LogP) is 1.68. The molecule has 0 bridgehead atoms. The van der Waals surface area contributed by atoms with Crippen molar-refractivity contribution in [1.29, 1.82) is 0 Å². The van der Waals surface area contributed by atoms with Crippen LogP contribution in [0.2, 0.25) is 0 Å². The van der Waals surface area contributed by atoms with Crippen molar-refractivity contribution < 1.29 is 13.2 Å². The minimum atomic E-state index is -4.36. The molecule has 2 nitrogen and oxygen atoms in total. The fraction of sp³-hybridized carbons (Fsp3) is 0.167. The second-order valence-corrected chi connectivity index (χ2v) is 1.93. The highest BCUT2D eigenvalue weighted by atomic mass is 19.4. The molecule has 0 atom stereocenters. The largest absolute Gasteiger partial charge is 0.418 e. The highest BCUT2D eigenvalue weighted by Gasteiger charge is 2.30. The van der Waals surface area contributed by atoms with Gasteiger partial charge in [0.2, 0.25) is 0 Å². The molecule has 1 aromatic heterocycles. The average molecular weight is 161 g/mol. The Morgan fingerprint density at radius 3 is 2.36 bits per heavy atom. The van der Waals surface area contributed by atoms with Gasteiger partial charge in [-0.2, -0.15) is 23.4 Å². The maximum atomic E-state index is 11.9. The van der Waals surface area contributed by atoms with E-state index in [-0.39, 0.29) is 5.69 Å². The zero-order valence-corrected chi connectivity index (χ0v) is 5.39. The van der Waals surface area contributed by atoms with Gasteiger partial charge in [-0.25, -0.2) is 0 Å². The summed E-state index contributed by atoms with van der Waals surface area (Å²) >= 11 is 0. The molecular weight excluding hydrogens is 157 g/mol. The van der Waals surface area contributed by atoms with Gasteiger partial charge in [0, 0.05) is 0 Å². The Bertz CT molecular complexity index is 256. The van der Waals surface area contributed by atoms with Crippen LogP contribution in [-0.4, -0.2) is 10.2 Å². The molecule has 1 aromatic rings. The van der Waals surface area contributed by atoms with Gasteiger partial charge in [0.15, 0.2) is 0 Å². The van der Waals surface area contributed by atoms with Crippen LogP contribution in [0.3, 0.4) is 0 Å². The SMILES string of the molecule is [CH2]c1cc(C(F)(F)F)cnn1. The summed E-state index contributed by atoms with van der Waals surface area (Å²) in [4.78, 5) is 0. The summed E-state index contributed by atoms with van der Waals surface area (Å²) < 4.78 is 35.6. The van der Waals surface area contributed by atoms with Crippen LogP contribution < -0.4 is 0 Å². The third kappa shape index (κ3) is 1.89. The fourth-order valence-electron chi connectivity index (χ4n) is 0.566. The minimum Gasteiger partial charge on any atom is -0.166 e. The summed E-state index contributed by atoms with van der Waals surface area (Å²) in [5.41, 5.74) is -0.808. The Morgan fingerprint density at radius 2 is 2.00 bits per heavy atom. The Kier molecular flexibility index (Phi) is 1.80. The summed E-state index contributed by atoms with van der Waals surface area (Å²) in [5.74, 6) is 0. The first-order chi connectivity index (χ1) is 5.00. The average Bonchev–Trinajstić information content (AvgIpc) is 1.86. The number of halogens is 3. The second-order valence-electron chi connectivity index (χ2n) is 1.93. The summed E-state index contributed by atoms with van der Waals surface area (Å²) in [5, 5.41) is 6.41. The van der Waals surface area contributed by atoms with Crippen LogP contribution in [0.1, 0.15) is 11.3 Å². The van der Waals surface area contributed by atoms with E-state index in [1.807, 2.05) is 0 Å². The van der Waals surface area contributed by atoms with Crippen molar-refractivity contribution in [3.8, 4) is 0 Å². The van der Waals surface area contributed by atoms with E-state index in [1.54, 1.807) is 0 Å². The van der Waals surface area contributed by atoms with Gasteiger partial charge in [-0.3, -0.25) is 0 Å². The van der Waals surface area contributed by atoms with Crippen LogP contribution in [0.25, 0.3) is 0 Å². The van der Waals surface area contributed by atoms with Crippen molar-refractivity contribution in [1.82, 2.24) is 10.2 Å². The molecule has 0 amide bonds. The first-order valence-corrected chi connectivity index (χ1v) is 2.72. The molecule has 0 aromatic carbocycles. The molecule has 1 heterocycles.